The highest BCUT2D eigenvalue weighted by molar-refractivity contribution is 7.89. The summed E-state index contributed by atoms with van der Waals surface area (Å²) in [5, 5.41) is 4.17. The number of carbonyl (C=O) groups is 1. The number of imidazole rings is 1. The molecule has 7 nitrogen and oxygen atoms in total. The van der Waals surface area contributed by atoms with Gasteiger partial charge in [-0.05, 0) is 42.5 Å². The number of halogens is 1. The molecule has 29 heavy (non-hydrogen) atoms. The van der Waals surface area contributed by atoms with E-state index in [0.717, 1.165) is 30.6 Å². The first-order valence-electron chi connectivity index (χ1n) is 9.14. The van der Waals surface area contributed by atoms with Crippen molar-refractivity contribution >= 4 is 33.0 Å². The number of thiophene rings is 1. The normalized spacial score (nSPS) is 15.3. The van der Waals surface area contributed by atoms with Crippen molar-refractivity contribution in [3.05, 3.63) is 59.1 Å². The zero-order chi connectivity index (χ0) is 20.4. The molecule has 1 aliphatic rings. The average Bonchev–Trinajstić information content (AvgIpc) is 3.41. The van der Waals surface area contributed by atoms with E-state index in [4.69, 9.17) is 0 Å². The van der Waals surface area contributed by atoms with Crippen LogP contribution < -0.4 is 5.32 Å². The number of nitrogens with one attached hydrogen (secondary N) is 1. The van der Waals surface area contributed by atoms with Gasteiger partial charge in [-0.1, -0.05) is 6.42 Å². The first kappa shape index (κ1) is 19.7. The number of nitrogens with zero attached hydrogens (tertiary/aromatic N) is 3. The summed E-state index contributed by atoms with van der Waals surface area (Å²) in [5.41, 5.74) is 0.538. The van der Waals surface area contributed by atoms with Crippen LogP contribution in [0.15, 0.2) is 53.3 Å². The summed E-state index contributed by atoms with van der Waals surface area (Å²) in [6.07, 6.45) is 7.25. The Labute approximate surface area is 171 Å². The van der Waals surface area contributed by atoms with E-state index in [-0.39, 0.29) is 15.5 Å². The van der Waals surface area contributed by atoms with Gasteiger partial charge >= 0.3 is 0 Å². The molecule has 0 unspecified atom stereocenters. The van der Waals surface area contributed by atoms with Gasteiger partial charge < -0.3 is 9.88 Å². The van der Waals surface area contributed by atoms with Crippen molar-refractivity contribution in [1.82, 2.24) is 13.9 Å². The lowest BCUT2D eigenvalue weighted by atomic mass is 10.2. The van der Waals surface area contributed by atoms with Crippen molar-refractivity contribution < 1.29 is 17.6 Å². The number of anilines is 1. The minimum absolute atomic E-state index is 0.00240. The Balaban J connectivity index is 1.56. The molecular weight excluding hydrogens is 415 g/mol. The quantitative estimate of drug-likeness (QED) is 0.666. The van der Waals surface area contributed by atoms with Crippen LogP contribution in [0.5, 0.6) is 0 Å². The molecule has 0 bridgehead atoms. The number of sulfonamides is 1. The van der Waals surface area contributed by atoms with Crippen molar-refractivity contribution in [3.8, 4) is 5.69 Å². The number of aromatic nitrogens is 2. The molecular formula is C19H19FN4O3S2. The number of rotatable bonds is 5. The van der Waals surface area contributed by atoms with Gasteiger partial charge in [-0.2, -0.15) is 4.31 Å². The van der Waals surface area contributed by atoms with Crippen molar-refractivity contribution in [2.75, 3.05) is 18.4 Å². The van der Waals surface area contributed by atoms with Gasteiger partial charge in [-0.25, -0.2) is 17.8 Å². The molecule has 4 rings (SSSR count). The number of benzene rings is 1. The zero-order valence-corrected chi connectivity index (χ0v) is 17.0. The molecule has 3 heterocycles. The average molecular weight is 435 g/mol. The van der Waals surface area contributed by atoms with Crippen molar-refractivity contribution in [1.29, 1.82) is 0 Å². The number of hydrogen-bond acceptors (Lipinski definition) is 5. The largest absolute Gasteiger partial charge is 0.321 e. The second-order valence-corrected chi connectivity index (χ2v) is 9.49. The highest BCUT2D eigenvalue weighted by atomic mass is 32.2. The highest BCUT2D eigenvalue weighted by Crippen LogP contribution is 2.28. The third-order valence-electron chi connectivity index (χ3n) is 4.76. The van der Waals surface area contributed by atoms with Crippen LogP contribution in [-0.2, 0) is 10.0 Å². The van der Waals surface area contributed by atoms with E-state index < -0.39 is 21.7 Å². The first-order chi connectivity index (χ1) is 14.0. The monoisotopic (exact) mass is 434 g/mol. The fourth-order valence-corrected chi connectivity index (χ4v) is 6.11. The summed E-state index contributed by atoms with van der Waals surface area (Å²) < 4.78 is 43.2. The molecule has 152 valence electrons. The molecule has 0 radical (unpaired) electrons. The van der Waals surface area contributed by atoms with Crippen LogP contribution in [0.1, 0.15) is 28.9 Å². The highest BCUT2D eigenvalue weighted by Gasteiger charge is 2.31. The molecule has 0 spiro atoms. The molecule has 1 N–H and O–H groups in total. The minimum Gasteiger partial charge on any atom is -0.321 e. The molecule has 0 atom stereocenters. The Morgan fingerprint density at radius 2 is 1.97 bits per heavy atom. The van der Waals surface area contributed by atoms with Crippen LogP contribution in [0.2, 0.25) is 0 Å². The Hall–Kier alpha value is -2.56. The van der Waals surface area contributed by atoms with Crippen LogP contribution in [0, 0.1) is 5.82 Å². The lowest BCUT2D eigenvalue weighted by Gasteiger charge is -2.25. The van der Waals surface area contributed by atoms with Crippen LogP contribution in [0.25, 0.3) is 5.69 Å². The second kappa shape index (κ2) is 8.05. The summed E-state index contributed by atoms with van der Waals surface area (Å²) in [4.78, 5) is 16.7. The van der Waals surface area contributed by atoms with Gasteiger partial charge in [0, 0.05) is 31.2 Å². The predicted molar refractivity (Wildman–Crippen MR) is 108 cm³/mol. The van der Waals surface area contributed by atoms with Gasteiger partial charge in [-0.3, -0.25) is 4.79 Å². The third-order valence-corrected chi connectivity index (χ3v) is 7.74. The lowest BCUT2D eigenvalue weighted by molar-refractivity contribution is 0.102. The minimum atomic E-state index is -3.73. The van der Waals surface area contributed by atoms with E-state index in [2.05, 4.69) is 10.3 Å². The smallest absolute Gasteiger partial charge is 0.267 e. The summed E-state index contributed by atoms with van der Waals surface area (Å²) in [5.74, 6) is -1.11. The second-order valence-electron chi connectivity index (χ2n) is 6.67. The zero-order valence-electron chi connectivity index (χ0n) is 15.4. The molecule has 1 aliphatic heterocycles. The first-order valence-corrected chi connectivity index (χ1v) is 11.5. The molecule has 1 amide bonds. The SMILES string of the molecule is O=C(Nc1ccc(-n2ccnc2)c(F)c1)c1sccc1S(=O)(=O)N1CCCCC1. The third kappa shape index (κ3) is 3.96. The molecule has 10 heteroatoms. The van der Waals surface area contributed by atoms with Crippen molar-refractivity contribution in [2.45, 2.75) is 24.2 Å². The fourth-order valence-electron chi connectivity index (χ4n) is 3.29. The number of hydrogen-bond donors (Lipinski definition) is 1. The molecule has 1 saturated heterocycles. The van der Waals surface area contributed by atoms with Gasteiger partial charge in [0.05, 0.1) is 12.0 Å². The maximum Gasteiger partial charge on any atom is 0.267 e. The maximum absolute atomic E-state index is 14.4. The van der Waals surface area contributed by atoms with Crippen LogP contribution >= 0.6 is 11.3 Å². The van der Waals surface area contributed by atoms with E-state index in [1.165, 1.54) is 39.6 Å². The number of carbonyl (C=O) groups excluding carboxylic acids is 1. The van der Waals surface area contributed by atoms with E-state index in [1.54, 1.807) is 17.6 Å². The lowest BCUT2D eigenvalue weighted by Crippen LogP contribution is -2.36. The molecule has 2 aromatic heterocycles. The summed E-state index contributed by atoms with van der Waals surface area (Å²) in [6.45, 7) is 0.917. The van der Waals surface area contributed by atoms with Gasteiger partial charge in [0.25, 0.3) is 5.91 Å². The van der Waals surface area contributed by atoms with Gasteiger partial charge in [0.2, 0.25) is 10.0 Å². The van der Waals surface area contributed by atoms with Gasteiger partial charge in [0.15, 0.2) is 0 Å². The van der Waals surface area contributed by atoms with Crippen molar-refractivity contribution in [3.63, 3.8) is 0 Å². The van der Waals surface area contributed by atoms with Crippen LogP contribution in [0.3, 0.4) is 0 Å². The molecule has 3 aromatic rings. The Morgan fingerprint density at radius 1 is 1.17 bits per heavy atom. The van der Waals surface area contributed by atoms with Crippen LogP contribution in [-0.4, -0.2) is 41.3 Å². The van der Waals surface area contributed by atoms with Crippen molar-refractivity contribution in [2.24, 2.45) is 0 Å². The van der Waals surface area contributed by atoms with E-state index in [9.17, 15) is 17.6 Å². The van der Waals surface area contributed by atoms with Gasteiger partial charge in [0.1, 0.15) is 15.6 Å². The number of amides is 1. The van der Waals surface area contributed by atoms with E-state index >= 15 is 0 Å². The summed E-state index contributed by atoms with van der Waals surface area (Å²) in [7, 11) is -3.73. The summed E-state index contributed by atoms with van der Waals surface area (Å²) >= 11 is 1.05. The maximum atomic E-state index is 14.4. The van der Waals surface area contributed by atoms with Gasteiger partial charge in [-0.15, -0.1) is 11.3 Å². The Kier molecular flexibility index (Phi) is 5.48. The fraction of sp³-hybridized carbons (Fsp3) is 0.263. The standard InChI is InChI=1S/C19H19FN4O3S2/c20-15-12-14(4-5-16(15)23-10-7-21-13-23)22-19(25)18-17(6-11-28-18)29(26,27)24-8-2-1-3-9-24/h4-7,10-13H,1-3,8-9H2,(H,22,25). The topological polar surface area (TPSA) is 84.3 Å². The predicted octanol–water partition coefficient (Wildman–Crippen LogP) is 3.50. The van der Waals surface area contributed by atoms with Crippen LogP contribution in [0.4, 0.5) is 10.1 Å². The number of piperidine rings is 1. The summed E-state index contributed by atoms with van der Waals surface area (Å²) in [6, 6.07) is 5.72. The molecule has 0 aliphatic carbocycles. The molecule has 0 saturated carbocycles. The Morgan fingerprint density at radius 3 is 2.66 bits per heavy atom. The van der Waals surface area contributed by atoms with E-state index in [0.29, 0.717) is 18.8 Å². The molecule has 1 fully saturated rings. The van der Waals surface area contributed by atoms with E-state index in [1.807, 2.05) is 0 Å². The Bertz CT molecular complexity index is 1120. The molecule has 1 aromatic carbocycles.